The highest BCUT2D eigenvalue weighted by Gasteiger charge is 2.56. The van der Waals surface area contributed by atoms with Gasteiger partial charge in [-0.05, 0) is 51.1 Å². The Morgan fingerprint density at radius 1 is 1.19 bits per heavy atom. The SMILES string of the molecule is CN(CC(=O)N1[C@H]2CC[C@@H]1[C@@](CO)(Cc1ccccc1)C2)C1CCCC1. The van der Waals surface area contributed by atoms with Gasteiger partial charge in [0, 0.05) is 23.5 Å². The van der Waals surface area contributed by atoms with Gasteiger partial charge in [0.25, 0.3) is 0 Å². The van der Waals surface area contributed by atoms with Crippen LogP contribution in [0.2, 0.25) is 0 Å². The topological polar surface area (TPSA) is 43.8 Å². The third-order valence-corrected chi connectivity index (χ3v) is 7.19. The lowest BCUT2D eigenvalue weighted by molar-refractivity contribution is -0.134. The summed E-state index contributed by atoms with van der Waals surface area (Å²) in [5, 5.41) is 10.3. The highest BCUT2D eigenvalue weighted by atomic mass is 16.3. The fourth-order valence-corrected chi connectivity index (χ4v) is 5.85. The van der Waals surface area contributed by atoms with Crippen molar-refractivity contribution >= 4 is 5.91 Å². The zero-order chi connectivity index (χ0) is 18.1. The first-order valence-corrected chi connectivity index (χ1v) is 10.3. The van der Waals surface area contributed by atoms with Gasteiger partial charge in [0.2, 0.25) is 5.91 Å². The number of fused-ring (bicyclic) bond motifs is 2. The molecule has 2 aliphatic heterocycles. The van der Waals surface area contributed by atoms with Gasteiger partial charge in [0.1, 0.15) is 0 Å². The Bertz CT molecular complexity index is 628. The van der Waals surface area contributed by atoms with E-state index in [0.717, 1.165) is 25.7 Å². The summed E-state index contributed by atoms with van der Waals surface area (Å²) in [4.78, 5) is 17.6. The molecule has 3 atom stereocenters. The van der Waals surface area contributed by atoms with E-state index < -0.39 is 0 Å². The molecule has 0 unspecified atom stereocenters. The number of rotatable bonds is 6. The van der Waals surface area contributed by atoms with Crippen molar-refractivity contribution in [3.8, 4) is 0 Å². The van der Waals surface area contributed by atoms with Crippen LogP contribution in [0.25, 0.3) is 0 Å². The molecule has 1 N–H and O–H groups in total. The van der Waals surface area contributed by atoms with Crippen LogP contribution in [0.3, 0.4) is 0 Å². The van der Waals surface area contributed by atoms with Crippen molar-refractivity contribution in [2.24, 2.45) is 5.41 Å². The van der Waals surface area contributed by atoms with Crippen LogP contribution in [0.4, 0.5) is 0 Å². The van der Waals surface area contributed by atoms with Crippen LogP contribution in [-0.4, -0.2) is 59.1 Å². The number of hydrogen-bond acceptors (Lipinski definition) is 3. The number of amides is 1. The van der Waals surface area contributed by atoms with Gasteiger partial charge < -0.3 is 10.0 Å². The van der Waals surface area contributed by atoms with Gasteiger partial charge in [-0.3, -0.25) is 9.69 Å². The van der Waals surface area contributed by atoms with E-state index >= 15 is 0 Å². The van der Waals surface area contributed by atoms with Gasteiger partial charge in [0.15, 0.2) is 0 Å². The van der Waals surface area contributed by atoms with Crippen molar-refractivity contribution in [3.63, 3.8) is 0 Å². The van der Waals surface area contributed by atoms with Gasteiger partial charge in [-0.1, -0.05) is 43.2 Å². The molecule has 4 rings (SSSR count). The van der Waals surface area contributed by atoms with Crippen LogP contribution in [0.1, 0.15) is 50.5 Å². The number of likely N-dealkylation sites (N-methyl/N-ethyl adjacent to an activating group) is 1. The monoisotopic (exact) mass is 356 g/mol. The molecule has 0 aromatic heterocycles. The minimum Gasteiger partial charge on any atom is -0.396 e. The predicted molar refractivity (Wildman–Crippen MR) is 103 cm³/mol. The molecule has 1 aliphatic carbocycles. The quantitative estimate of drug-likeness (QED) is 0.852. The molecule has 4 nitrogen and oxygen atoms in total. The molecule has 142 valence electrons. The molecule has 3 fully saturated rings. The number of nitrogens with zero attached hydrogens (tertiary/aromatic N) is 2. The number of benzene rings is 1. The lowest BCUT2D eigenvalue weighted by Crippen LogP contribution is -2.47. The number of carbonyl (C=O) groups excluding carboxylic acids is 1. The molecule has 1 aromatic rings. The van der Waals surface area contributed by atoms with Crippen molar-refractivity contribution in [2.75, 3.05) is 20.2 Å². The zero-order valence-corrected chi connectivity index (χ0v) is 15.9. The van der Waals surface area contributed by atoms with Crippen LogP contribution < -0.4 is 0 Å². The maximum absolute atomic E-state index is 13.1. The van der Waals surface area contributed by atoms with Crippen molar-refractivity contribution < 1.29 is 9.90 Å². The first-order valence-electron chi connectivity index (χ1n) is 10.3. The van der Waals surface area contributed by atoms with E-state index in [-0.39, 0.29) is 24.0 Å². The fourth-order valence-electron chi connectivity index (χ4n) is 5.85. The average Bonchev–Trinajstić information content (AvgIpc) is 3.38. The van der Waals surface area contributed by atoms with Crippen LogP contribution in [0, 0.1) is 5.41 Å². The number of carbonyl (C=O) groups is 1. The number of aliphatic hydroxyl groups is 1. The van der Waals surface area contributed by atoms with Crippen molar-refractivity contribution in [3.05, 3.63) is 35.9 Å². The summed E-state index contributed by atoms with van der Waals surface area (Å²) in [6.45, 7) is 0.704. The molecule has 1 saturated carbocycles. The van der Waals surface area contributed by atoms with E-state index in [9.17, 15) is 9.90 Å². The largest absolute Gasteiger partial charge is 0.396 e. The summed E-state index contributed by atoms with van der Waals surface area (Å²) < 4.78 is 0. The Kier molecular flexibility index (Phi) is 5.07. The standard InChI is InChI=1S/C22H32N2O2/c1-23(18-9-5-6-10-18)15-21(26)24-19-11-12-20(24)22(14-19,16-25)13-17-7-3-2-4-8-17/h2-4,7-8,18-20,25H,5-6,9-16H2,1H3/t19-,20+,22-/m0/s1. The molecular formula is C22H32N2O2. The average molecular weight is 357 g/mol. The van der Waals surface area contributed by atoms with E-state index in [1.54, 1.807) is 0 Å². The van der Waals surface area contributed by atoms with E-state index in [2.05, 4.69) is 41.1 Å². The van der Waals surface area contributed by atoms with E-state index in [4.69, 9.17) is 0 Å². The molecule has 2 saturated heterocycles. The van der Waals surface area contributed by atoms with Gasteiger partial charge >= 0.3 is 0 Å². The summed E-state index contributed by atoms with van der Waals surface area (Å²) in [6, 6.07) is 11.5. The Morgan fingerprint density at radius 2 is 1.92 bits per heavy atom. The summed E-state index contributed by atoms with van der Waals surface area (Å²) in [6.07, 6.45) is 8.99. The summed E-state index contributed by atoms with van der Waals surface area (Å²) in [5.41, 5.74) is 1.11. The Hall–Kier alpha value is -1.39. The second-order valence-electron chi connectivity index (χ2n) is 8.79. The highest BCUT2D eigenvalue weighted by Crippen LogP contribution is 2.51. The second-order valence-corrected chi connectivity index (χ2v) is 8.79. The summed E-state index contributed by atoms with van der Waals surface area (Å²) in [7, 11) is 2.11. The normalized spacial score (nSPS) is 31.3. The molecule has 1 amide bonds. The summed E-state index contributed by atoms with van der Waals surface area (Å²) in [5.74, 6) is 0.273. The van der Waals surface area contributed by atoms with Gasteiger partial charge in [-0.25, -0.2) is 0 Å². The van der Waals surface area contributed by atoms with Crippen molar-refractivity contribution in [2.45, 2.75) is 69.5 Å². The highest BCUT2D eigenvalue weighted by molar-refractivity contribution is 5.80. The second kappa shape index (κ2) is 7.32. The maximum atomic E-state index is 13.1. The molecule has 0 spiro atoms. The van der Waals surface area contributed by atoms with Crippen molar-refractivity contribution in [1.29, 1.82) is 0 Å². The predicted octanol–water partition coefficient (Wildman–Crippen LogP) is 2.85. The molecule has 3 aliphatic rings. The zero-order valence-electron chi connectivity index (χ0n) is 15.9. The van der Waals surface area contributed by atoms with Crippen LogP contribution >= 0.6 is 0 Å². The minimum atomic E-state index is -0.161. The molecule has 1 aromatic carbocycles. The van der Waals surface area contributed by atoms with Crippen molar-refractivity contribution in [1.82, 2.24) is 9.80 Å². The van der Waals surface area contributed by atoms with E-state index in [1.165, 1.54) is 31.2 Å². The van der Waals surface area contributed by atoms with Crippen LogP contribution in [0.15, 0.2) is 30.3 Å². The third kappa shape index (κ3) is 3.18. The van der Waals surface area contributed by atoms with Gasteiger partial charge in [-0.15, -0.1) is 0 Å². The molecule has 2 bridgehead atoms. The molecule has 2 heterocycles. The minimum absolute atomic E-state index is 0.161. The first kappa shape index (κ1) is 18.0. The molecule has 4 heteroatoms. The van der Waals surface area contributed by atoms with Gasteiger partial charge in [0.05, 0.1) is 13.2 Å². The Balaban J connectivity index is 1.47. The fraction of sp³-hybridized carbons (Fsp3) is 0.682. The van der Waals surface area contributed by atoms with E-state index in [0.29, 0.717) is 18.6 Å². The van der Waals surface area contributed by atoms with Crippen LogP contribution in [0.5, 0.6) is 0 Å². The first-order chi connectivity index (χ1) is 12.6. The van der Waals surface area contributed by atoms with E-state index in [1.807, 2.05) is 6.07 Å². The molecular weight excluding hydrogens is 324 g/mol. The Morgan fingerprint density at radius 3 is 2.62 bits per heavy atom. The number of hydrogen-bond donors (Lipinski definition) is 1. The maximum Gasteiger partial charge on any atom is 0.237 e. The molecule has 0 radical (unpaired) electrons. The molecule has 26 heavy (non-hydrogen) atoms. The number of aliphatic hydroxyl groups excluding tert-OH is 1. The lowest BCUT2D eigenvalue weighted by atomic mass is 9.70. The Labute approximate surface area is 157 Å². The van der Waals surface area contributed by atoms with Crippen LogP contribution in [-0.2, 0) is 11.2 Å². The smallest absolute Gasteiger partial charge is 0.237 e. The lowest BCUT2D eigenvalue weighted by Gasteiger charge is -2.36. The third-order valence-electron chi connectivity index (χ3n) is 7.19. The summed E-state index contributed by atoms with van der Waals surface area (Å²) >= 11 is 0. The van der Waals surface area contributed by atoms with Gasteiger partial charge in [-0.2, -0.15) is 0 Å².